The van der Waals surface area contributed by atoms with Crippen LogP contribution < -0.4 is 4.74 Å². The molecule has 3 aromatic rings. The number of nitrogens with zero attached hydrogens (tertiary/aromatic N) is 1. The van der Waals surface area contributed by atoms with Gasteiger partial charge in [0.1, 0.15) is 12.4 Å². The van der Waals surface area contributed by atoms with E-state index in [1.165, 1.54) is 11.9 Å². The second-order valence-corrected chi connectivity index (χ2v) is 7.61. The molecule has 0 aromatic heterocycles. The number of hydrogen-bond donors (Lipinski definition) is 0. The Bertz CT molecular complexity index is 1060. The SMILES string of the molecule is CN(CCC(=O)Oc1ccccc1)C(=O)O[C@@H](Cc1ccccc1)C(=O)OCc1ccccc1. The van der Waals surface area contributed by atoms with Gasteiger partial charge in [-0.2, -0.15) is 0 Å². The molecule has 7 nitrogen and oxygen atoms in total. The number of ether oxygens (including phenoxy) is 3. The highest BCUT2D eigenvalue weighted by Crippen LogP contribution is 2.12. The summed E-state index contributed by atoms with van der Waals surface area (Å²) in [4.78, 5) is 38.7. The van der Waals surface area contributed by atoms with Crippen molar-refractivity contribution in [1.29, 1.82) is 0 Å². The van der Waals surface area contributed by atoms with Crippen molar-refractivity contribution in [3.63, 3.8) is 0 Å². The summed E-state index contributed by atoms with van der Waals surface area (Å²) < 4.78 is 16.1. The van der Waals surface area contributed by atoms with E-state index in [0.717, 1.165) is 11.1 Å². The minimum absolute atomic E-state index is 0.0255. The van der Waals surface area contributed by atoms with Gasteiger partial charge in [-0.25, -0.2) is 9.59 Å². The molecule has 0 spiro atoms. The third kappa shape index (κ3) is 8.09. The fourth-order valence-electron chi connectivity index (χ4n) is 3.06. The molecule has 34 heavy (non-hydrogen) atoms. The molecule has 176 valence electrons. The van der Waals surface area contributed by atoms with Crippen molar-refractivity contribution >= 4 is 18.0 Å². The normalized spacial score (nSPS) is 11.2. The van der Waals surface area contributed by atoms with Crippen LogP contribution in [0.4, 0.5) is 4.79 Å². The number of amides is 1. The first-order chi connectivity index (χ1) is 16.5. The van der Waals surface area contributed by atoms with Crippen LogP contribution in [0.15, 0.2) is 91.0 Å². The first kappa shape index (κ1) is 24.5. The molecule has 0 N–H and O–H groups in total. The summed E-state index contributed by atoms with van der Waals surface area (Å²) in [5.74, 6) is -0.686. The zero-order valence-corrected chi connectivity index (χ0v) is 19.0. The molecule has 7 heteroatoms. The second-order valence-electron chi connectivity index (χ2n) is 7.61. The average Bonchev–Trinajstić information content (AvgIpc) is 2.87. The molecule has 3 rings (SSSR count). The van der Waals surface area contributed by atoms with Gasteiger partial charge in [0.05, 0.1) is 6.42 Å². The molecule has 0 aliphatic rings. The number of hydrogen-bond acceptors (Lipinski definition) is 6. The van der Waals surface area contributed by atoms with Crippen LogP contribution in [0.1, 0.15) is 17.5 Å². The molecule has 3 aromatic carbocycles. The molecular weight excluding hydrogens is 434 g/mol. The molecule has 0 aliphatic carbocycles. The van der Waals surface area contributed by atoms with Crippen LogP contribution in [0.3, 0.4) is 0 Å². The van der Waals surface area contributed by atoms with E-state index in [2.05, 4.69) is 0 Å². The summed E-state index contributed by atoms with van der Waals surface area (Å²) in [5.41, 5.74) is 1.65. The van der Waals surface area contributed by atoms with Crippen LogP contribution in [0, 0.1) is 0 Å². The molecule has 0 unspecified atom stereocenters. The minimum Gasteiger partial charge on any atom is -0.458 e. The Morgan fingerprint density at radius 3 is 1.97 bits per heavy atom. The van der Waals surface area contributed by atoms with Gasteiger partial charge in [0.25, 0.3) is 0 Å². The molecule has 0 saturated carbocycles. The van der Waals surface area contributed by atoms with Gasteiger partial charge in [-0.3, -0.25) is 4.79 Å². The van der Waals surface area contributed by atoms with Crippen molar-refractivity contribution in [2.24, 2.45) is 0 Å². The van der Waals surface area contributed by atoms with Crippen molar-refractivity contribution in [2.75, 3.05) is 13.6 Å². The lowest BCUT2D eigenvalue weighted by Crippen LogP contribution is -2.37. The van der Waals surface area contributed by atoms with Gasteiger partial charge < -0.3 is 19.1 Å². The lowest BCUT2D eigenvalue weighted by molar-refractivity contribution is -0.155. The van der Waals surface area contributed by atoms with Crippen LogP contribution in [-0.4, -0.2) is 42.6 Å². The van der Waals surface area contributed by atoms with Crippen LogP contribution in [0.5, 0.6) is 5.75 Å². The lowest BCUT2D eigenvalue weighted by Gasteiger charge is -2.22. The van der Waals surface area contributed by atoms with E-state index in [-0.39, 0.29) is 26.0 Å². The van der Waals surface area contributed by atoms with Crippen molar-refractivity contribution in [2.45, 2.75) is 25.6 Å². The highest BCUT2D eigenvalue weighted by atomic mass is 16.6. The van der Waals surface area contributed by atoms with Crippen LogP contribution in [0.25, 0.3) is 0 Å². The van der Waals surface area contributed by atoms with E-state index in [4.69, 9.17) is 14.2 Å². The zero-order chi connectivity index (χ0) is 24.2. The number of rotatable bonds is 10. The summed E-state index contributed by atoms with van der Waals surface area (Å²) in [5, 5.41) is 0. The highest BCUT2D eigenvalue weighted by molar-refractivity contribution is 5.79. The highest BCUT2D eigenvalue weighted by Gasteiger charge is 2.27. The Hall–Kier alpha value is -4.13. The monoisotopic (exact) mass is 461 g/mol. The summed E-state index contributed by atoms with van der Waals surface area (Å²) in [6.07, 6.45) is -1.71. The Kier molecular flexibility index (Phi) is 9.22. The first-order valence-electron chi connectivity index (χ1n) is 10.9. The maximum atomic E-state index is 12.8. The molecule has 0 radical (unpaired) electrons. The van der Waals surface area contributed by atoms with Crippen molar-refractivity contribution in [3.8, 4) is 5.75 Å². The fraction of sp³-hybridized carbons (Fsp3) is 0.222. The minimum atomic E-state index is -1.13. The second kappa shape index (κ2) is 12.8. The third-order valence-electron chi connectivity index (χ3n) is 4.93. The molecule has 0 aliphatic heterocycles. The van der Waals surface area contributed by atoms with E-state index in [1.807, 2.05) is 66.7 Å². The predicted molar refractivity (Wildman–Crippen MR) is 126 cm³/mol. The summed E-state index contributed by atoms with van der Waals surface area (Å²) in [7, 11) is 1.49. The van der Waals surface area contributed by atoms with Crippen LogP contribution >= 0.6 is 0 Å². The van der Waals surface area contributed by atoms with Crippen molar-refractivity contribution < 1.29 is 28.6 Å². The van der Waals surface area contributed by atoms with Gasteiger partial charge in [0.15, 0.2) is 0 Å². The smallest absolute Gasteiger partial charge is 0.410 e. The molecule has 0 fully saturated rings. The average molecular weight is 462 g/mol. The molecule has 1 amide bonds. The number of carbonyl (C=O) groups is 3. The van der Waals surface area contributed by atoms with Gasteiger partial charge in [-0.1, -0.05) is 78.9 Å². The van der Waals surface area contributed by atoms with E-state index in [1.54, 1.807) is 24.3 Å². The summed E-state index contributed by atoms with van der Waals surface area (Å²) >= 11 is 0. The first-order valence-corrected chi connectivity index (χ1v) is 10.9. The molecular formula is C27H27NO6. The summed E-state index contributed by atoms with van der Waals surface area (Å²) in [6.45, 7) is 0.144. The molecule has 0 heterocycles. The quantitative estimate of drug-likeness (QED) is 0.329. The van der Waals surface area contributed by atoms with Gasteiger partial charge in [0, 0.05) is 20.0 Å². The predicted octanol–water partition coefficient (Wildman–Crippen LogP) is 4.41. The van der Waals surface area contributed by atoms with Gasteiger partial charge in [-0.15, -0.1) is 0 Å². The summed E-state index contributed by atoms with van der Waals surface area (Å²) in [6, 6.07) is 27.2. The molecule has 0 saturated heterocycles. The largest absolute Gasteiger partial charge is 0.458 e. The third-order valence-corrected chi connectivity index (χ3v) is 4.93. The number of benzene rings is 3. The number of esters is 2. The van der Waals surface area contributed by atoms with Gasteiger partial charge in [0.2, 0.25) is 6.10 Å². The van der Waals surface area contributed by atoms with E-state index >= 15 is 0 Å². The van der Waals surface area contributed by atoms with Crippen LogP contribution in [0.2, 0.25) is 0 Å². The maximum absolute atomic E-state index is 12.8. The van der Waals surface area contributed by atoms with Crippen molar-refractivity contribution in [1.82, 2.24) is 4.90 Å². The Balaban J connectivity index is 1.55. The zero-order valence-electron chi connectivity index (χ0n) is 19.0. The van der Waals surface area contributed by atoms with Gasteiger partial charge >= 0.3 is 18.0 Å². The van der Waals surface area contributed by atoms with E-state index < -0.39 is 24.1 Å². The van der Waals surface area contributed by atoms with Crippen LogP contribution in [-0.2, 0) is 32.1 Å². The Morgan fingerprint density at radius 1 is 0.794 bits per heavy atom. The molecule has 1 atom stereocenters. The van der Waals surface area contributed by atoms with E-state index in [9.17, 15) is 14.4 Å². The Labute approximate surface area is 198 Å². The number of para-hydroxylation sites is 1. The lowest BCUT2D eigenvalue weighted by atomic mass is 10.1. The van der Waals surface area contributed by atoms with E-state index in [0.29, 0.717) is 5.75 Å². The topological polar surface area (TPSA) is 82.1 Å². The van der Waals surface area contributed by atoms with Crippen molar-refractivity contribution in [3.05, 3.63) is 102 Å². The standard InChI is InChI=1S/C27H27NO6/c1-28(18-17-25(29)33-23-15-9-4-10-16-23)27(31)34-24(19-21-11-5-2-6-12-21)26(30)32-20-22-13-7-3-8-14-22/h2-16,24H,17-20H2,1H3/t24-/m0/s1. The Morgan fingerprint density at radius 2 is 1.35 bits per heavy atom. The fourth-order valence-corrected chi connectivity index (χ4v) is 3.06. The maximum Gasteiger partial charge on any atom is 0.410 e. The number of carbonyl (C=O) groups excluding carboxylic acids is 3. The van der Waals surface area contributed by atoms with Gasteiger partial charge in [-0.05, 0) is 23.3 Å². The molecule has 0 bridgehead atoms.